The highest BCUT2D eigenvalue weighted by molar-refractivity contribution is 9.10. The van der Waals surface area contributed by atoms with Gasteiger partial charge in [0.25, 0.3) is 6.47 Å². The molecule has 0 aliphatic carbocycles. The third kappa shape index (κ3) is 4.63. The molecule has 0 saturated heterocycles. The first-order valence-electron chi connectivity index (χ1n) is 4.76. The molecular formula is C11H13BrO4. The Bertz CT molecular complexity index is 334. The summed E-state index contributed by atoms with van der Waals surface area (Å²) in [6.07, 6.45) is 0.210. The summed E-state index contributed by atoms with van der Waals surface area (Å²) in [5, 5.41) is 9.83. The molecule has 0 fully saturated rings. The molecule has 88 valence electrons. The van der Waals surface area contributed by atoms with E-state index in [1.54, 1.807) is 12.1 Å². The Labute approximate surface area is 102 Å². The molecule has 0 aliphatic rings. The number of aliphatic hydroxyl groups is 1. The van der Waals surface area contributed by atoms with Gasteiger partial charge < -0.3 is 14.6 Å². The van der Waals surface area contributed by atoms with Crippen molar-refractivity contribution in [1.82, 2.24) is 0 Å². The molecule has 0 heterocycles. The Morgan fingerprint density at radius 1 is 1.44 bits per heavy atom. The largest absolute Gasteiger partial charge is 0.468 e. The average Bonchev–Trinajstić information content (AvgIpc) is 2.21. The van der Waals surface area contributed by atoms with E-state index in [0.717, 1.165) is 4.47 Å². The van der Waals surface area contributed by atoms with Crippen molar-refractivity contribution in [2.75, 3.05) is 6.61 Å². The molecule has 0 spiro atoms. The summed E-state index contributed by atoms with van der Waals surface area (Å²) in [6.45, 7) is 1.98. The number of hydrogen-bond donors (Lipinski definition) is 1. The first-order valence-corrected chi connectivity index (χ1v) is 5.55. The maximum atomic E-state index is 9.94. The minimum Gasteiger partial charge on any atom is -0.468 e. The van der Waals surface area contributed by atoms with E-state index in [2.05, 4.69) is 20.7 Å². The summed E-state index contributed by atoms with van der Waals surface area (Å²) < 4.78 is 10.8. The molecule has 0 aromatic heterocycles. The lowest BCUT2D eigenvalue weighted by Gasteiger charge is -2.24. The summed E-state index contributed by atoms with van der Waals surface area (Å²) in [6, 6.07) is 7.10. The Hall–Kier alpha value is -1.07. The van der Waals surface area contributed by atoms with Gasteiger partial charge >= 0.3 is 0 Å². The van der Waals surface area contributed by atoms with Crippen LogP contribution >= 0.6 is 15.9 Å². The predicted molar refractivity (Wildman–Crippen MR) is 62.0 cm³/mol. The van der Waals surface area contributed by atoms with Gasteiger partial charge in [0, 0.05) is 17.8 Å². The summed E-state index contributed by atoms with van der Waals surface area (Å²) in [4.78, 5) is 9.94. The maximum absolute atomic E-state index is 9.94. The second-order valence-corrected chi connectivity index (χ2v) is 4.36. The van der Waals surface area contributed by atoms with Crippen LogP contribution < -0.4 is 4.74 Å². The van der Waals surface area contributed by atoms with Crippen LogP contribution in [0.1, 0.15) is 13.3 Å². The average molecular weight is 289 g/mol. The van der Waals surface area contributed by atoms with Crippen molar-refractivity contribution in [3.63, 3.8) is 0 Å². The van der Waals surface area contributed by atoms with Crippen LogP contribution in [-0.2, 0) is 9.53 Å². The van der Waals surface area contributed by atoms with Gasteiger partial charge in [0.2, 0.25) is 5.79 Å². The van der Waals surface area contributed by atoms with Crippen LogP contribution in [0, 0.1) is 0 Å². The van der Waals surface area contributed by atoms with Gasteiger partial charge in [-0.1, -0.05) is 15.9 Å². The van der Waals surface area contributed by atoms with Crippen molar-refractivity contribution in [3.8, 4) is 5.75 Å². The van der Waals surface area contributed by atoms with E-state index in [-0.39, 0.29) is 13.0 Å². The third-order valence-corrected chi connectivity index (χ3v) is 2.43. The molecular weight excluding hydrogens is 276 g/mol. The number of carbonyl (C=O) groups excluding carboxylic acids is 1. The third-order valence-electron chi connectivity index (χ3n) is 1.90. The molecule has 1 aromatic carbocycles. The molecule has 4 nitrogen and oxygen atoms in total. The van der Waals surface area contributed by atoms with Gasteiger partial charge in [0.15, 0.2) is 0 Å². The number of carbonyl (C=O) groups is 1. The van der Waals surface area contributed by atoms with E-state index in [0.29, 0.717) is 12.2 Å². The fourth-order valence-corrected chi connectivity index (χ4v) is 1.37. The fourth-order valence-electron chi connectivity index (χ4n) is 1.10. The topological polar surface area (TPSA) is 55.8 Å². The maximum Gasteiger partial charge on any atom is 0.293 e. The van der Waals surface area contributed by atoms with E-state index < -0.39 is 5.79 Å². The van der Waals surface area contributed by atoms with Crippen molar-refractivity contribution in [2.24, 2.45) is 0 Å². The number of hydrogen-bond acceptors (Lipinski definition) is 4. The lowest BCUT2D eigenvalue weighted by atomic mass is 10.2. The zero-order chi connectivity index (χ0) is 12.0. The van der Waals surface area contributed by atoms with Gasteiger partial charge in [-0.05, 0) is 24.3 Å². The highest BCUT2D eigenvalue weighted by Gasteiger charge is 2.22. The minimum absolute atomic E-state index is 0.118. The first-order chi connectivity index (χ1) is 7.53. The number of halogens is 1. The Balaban J connectivity index is 2.50. The zero-order valence-corrected chi connectivity index (χ0v) is 10.4. The SMILES string of the molecule is CC(O)(CCOC=O)Oc1ccc(Br)cc1. The molecule has 0 saturated carbocycles. The van der Waals surface area contributed by atoms with Crippen LogP contribution in [0.5, 0.6) is 5.75 Å². The molecule has 1 unspecified atom stereocenters. The molecule has 1 aromatic rings. The van der Waals surface area contributed by atoms with Gasteiger partial charge in [-0.25, -0.2) is 0 Å². The lowest BCUT2D eigenvalue weighted by Crippen LogP contribution is -2.33. The van der Waals surface area contributed by atoms with E-state index in [1.807, 2.05) is 12.1 Å². The second-order valence-electron chi connectivity index (χ2n) is 3.45. The van der Waals surface area contributed by atoms with Crippen LogP contribution in [0.15, 0.2) is 28.7 Å². The standard InChI is InChI=1S/C11H13BrO4/c1-11(14,6-7-15-8-13)16-10-4-2-9(12)3-5-10/h2-5,8,14H,6-7H2,1H3. The van der Waals surface area contributed by atoms with Gasteiger partial charge in [0.1, 0.15) is 5.75 Å². The number of ether oxygens (including phenoxy) is 2. The van der Waals surface area contributed by atoms with E-state index in [9.17, 15) is 9.90 Å². The van der Waals surface area contributed by atoms with Gasteiger partial charge in [-0.3, -0.25) is 4.79 Å². The van der Waals surface area contributed by atoms with Crippen molar-refractivity contribution < 1.29 is 19.4 Å². The molecule has 1 N–H and O–H groups in total. The Morgan fingerprint density at radius 2 is 2.06 bits per heavy atom. The molecule has 16 heavy (non-hydrogen) atoms. The molecule has 0 aliphatic heterocycles. The lowest BCUT2D eigenvalue weighted by molar-refractivity contribution is -0.145. The van der Waals surface area contributed by atoms with Crippen LogP contribution in [0.4, 0.5) is 0 Å². The quantitative estimate of drug-likeness (QED) is 0.495. The summed E-state index contributed by atoms with van der Waals surface area (Å²) >= 11 is 3.30. The first kappa shape index (κ1) is 13.0. The van der Waals surface area contributed by atoms with Crippen LogP contribution in [0.25, 0.3) is 0 Å². The Kier molecular flexibility index (Phi) is 4.76. The molecule has 0 bridgehead atoms. The summed E-state index contributed by atoms with van der Waals surface area (Å²) in [5.41, 5.74) is 0. The smallest absolute Gasteiger partial charge is 0.293 e. The monoisotopic (exact) mass is 288 g/mol. The molecule has 1 rings (SSSR count). The van der Waals surface area contributed by atoms with Crippen molar-refractivity contribution >= 4 is 22.4 Å². The van der Waals surface area contributed by atoms with Crippen molar-refractivity contribution in [3.05, 3.63) is 28.7 Å². The molecule has 0 radical (unpaired) electrons. The highest BCUT2D eigenvalue weighted by Crippen LogP contribution is 2.21. The summed E-state index contributed by atoms with van der Waals surface area (Å²) in [5.74, 6) is -0.795. The second kappa shape index (κ2) is 5.86. The number of rotatable bonds is 6. The van der Waals surface area contributed by atoms with Gasteiger partial charge in [0.05, 0.1) is 6.61 Å². The van der Waals surface area contributed by atoms with Gasteiger partial charge in [-0.2, -0.15) is 0 Å². The van der Waals surface area contributed by atoms with Crippen LogP contribution in [0.3, 0.4) is 0 Å². The summed E-state index contributed by atoms with van der Waals surface area (Å²) in [7, 11) is 0. The van der Waals surface area contributed by atoms with Gasteiger partial charge in [-0.15, -0.1) is 0 Å². The highest BCUT2D eigenvalue weighted by atomic mass is 79.9. The normalized spacial score (nSPS) is 13.9. The Morgan fingerprint density at radius 3 is 2.62 bits per heavy atom. The van der Waals surface area contributed by atoms with Crippen LogP contribution in [-0.4, -0.2) is 24.0 Å². The van der Waals surface area contributed by atoms with E-state index in [1.165, 1.54) is 6.92 Å². The molecule has 1 atom stereocenters. The molecule has 5 heteroatoms. The van der Waals surface area contributed by atoms with E-state index >= 15 is 0 Å². The predicted octanol–water partition coefficient (Wildman–Crippen LogP) is 2.10. The zero-order valence-electron chi connectivity index (χ0n) is 8.85. The van der Waals surface area contributed by atoms with Crippen LogP contribution in [0.2, 0.25) is 0 Å². The van der Waals surface area contributed by atoms with Crippen molar-refractivity contribution in [2.45, 2.75) is 19.1 Å². The fraction of sp³-hybridized carbons (Fsp3) is 0.364. The minimum atomic E-state index is -1.35. The van der Waals surface area contributed by atoms with E-state index in [4.69, 9.17) is 4.74 Å². The molecule has 0 amide bonds. The van der Waals surface area contributed by atoms with Crippen molar-refractivity contribution in [1.29, 1.82) is 0 Å². The number of benzene rings is 1.